The number of piperidine rings is 1. The zero-order chi connectivity index (χ0) is 19.2. The molecule has 1 saturated heterocycles. The molecule has 0 unspecified atom stereocenters. The van der Waals surface area contributed by atoms with Crippen LogP contribution in [0.1, 0.15) is 24.8 Å². The van der Waals surface area contributed by atoms with E-state index in [4.69, 9.17) is 4.74 Å². The van der Waals surface area contributed by atoms with Crippen molar-refractivity contribution in [3.05, 3.63) is 29.8 Å². The molecule has 1 aliphatic rings. The Kier molecular flexibility index (Phi) is 7.43. The number of hydrogen-bond donors (Lipinski definition) is 1. The maximum Gasteiger partial charge on any atom is 0.281 e. The fourth-order valence-electron chi connectivity index (χ4n) is 3.14. The molecule has 0 aliphatic carbocycles. The highest BCUT2D eigenvalue weighted by molar-refractivity contribution is 7.86. The van der Waals surface area contributed by atoms with Crippen LogP contribution in [0.4, 0.5) is 0 Å². The van der Waals surface area contributed by atoms with Crippen molar-refractivity contribution in [2.24, 2.45) is 5.92 Å². The highest BCUT2D eigenvalue weighted by Gasteiger charge is 2.33. The number of carbonyl (C=O) groups is 1. The fourth-order valence-corrected chi connectivity index (χ4v) is 4.33. The van der Waals surface area contributed by atoms with Crippen molar-refractivity contribution in [2.75, 3.05) is 40.8 Å². The second kappa shape index (κ2) is 9.34. The molecule has 0 radical (unpaired) electrons. The predicted molar refractivity (Wildman–Crippen MR) is 101 cm³/mol. The molecule has 1 atom stereocenters. The minimum atomic E-state index is -3.46. The highest BCUT2D eigenvalue weighted by Crippen LogP contribution is 2.21. The Morgan fingerprint density at radius 3 is 2.77 bits per heavy atom. The first-order chi connectivity index (χ1) is 12.4. The van der Waals surface area contributed by atoms with Gasteiger partial charge in [-0.15, -0.1) is 0 Å². The molecule has 0 bridgehead atoms. The number of rotatable bonds is 8. The molecule has 26 heavy (non-hydrogen) atoms. The molecule has 8 heteroatoms. The maximum absolute atomic E-state index is 12.4. The van der Waals surface area contributed by atoms with Crippen molar-refractivity contribution in [1.82, 2.24) is 13.9 Å². The van der Waals surface area contributed by atoms with Gasteiger partial charge in [0.15, 0.2) is 0 Å². The molecule has 146 valence electrons. The third-order valence-corrected chi connectivity index (χ3v) is 6.56. The molecular weight excluding hydrogens is 354 g/mol. The molecule has 2 rings (SSSR count). The van der Waals surface area contributed by atoms with Crippen molar-refractivity contribution in [1.29, 1.82) is 0 Å². The number of para-hydroxylation sites is 1. The van der Waals surface area contributed by atoms with Gasteiger partial charge in [-0.05, 0) is 37.3 Å². The Balaban J connectivity index is 1.80. The molecule has 1 aliphatic heterocycles. The summed E-state index contributed by atoms with van der Waals surface area (Å²) < 4.78 is 32.4. The van der Waals surface area contributed by atoms with Crippen LogP contribution in [0, 0.1) is 5.92 Å². The number of nitrogens with one attached hydrogen (secondary N) is 1. The average Bonchev–Trinajstić information content (AvgIpc) is 2.65. The van der Waals surface area contributed by atoms with Gasteiger partial charge in [0, 0.05) is 33.7 Å². The third kappa shape index (κ3) is 5.18. The first-order valence-electron chi connectivity index (χ1n) is 8.93. The zero-order valence-corrected chi connectivity index (χ0v) is 16.6. The molecule has 1 aromatic carbocycles. The van der Waals surface area contributed by atoms with Crippen LogP contribution in [0.15, 0.2) is 24.3 Å². The van der Waals surface area contributed by atoms with Gasteiger partial charge >= 0.3 is 0 Å². The van der Waals surface area contributed by atoms with Crippen molar-refractivity contribution >= 4 is 16.1 Å². The number of carbonyl (C=O) groups excluding carboxylic acids is 1. The van der Waals surface area contributed by atoms with E-state index in [1.54, 1.807) is 7.11 Å². The van der Waals surface area contributed by atoms with Gasteiger partial charge in [0.2, 0.25) is 5.91 Å². The number of ether oxygens (including phenoxy) is 1. The Morgan fingerprint density at radius 2 is 2.08 bits per heavy atom. The summed E-state index contributed by atoms with van der Waals surface area (Å²) in [7, 11) is 1.21. The summed E-state index contributed by atoms with van der Waals surface area (Å²) in [6.45, 7) is 1.28. The standard InChI is InChI=1S/C18H29N3O4S/c1-20(2)26(23,24)21-13-7-10-16(14-21)18(22)19-12-6-9-15-8-4-5-11-17(15)25-3/h4-5,8,11,16H,6-7,9-10,12-14H2,1-3H3,(H,19,22)/t16-/m0/s1. The van der Waals surface area contributed by atoms with Gasteiger partial charge in [0.05, 0.1) is 13.0 Å². The van der Waals surface area contributed by atoms with E-state index >= 15 is 0 Å². The molecule has 7 nitrogen and oxygen atoms in total. The van der Waals surface area contributed by atoms with Crippen LogP contribution in [-0.4, -0.2) is 63.8 Å². The summed E-state index contributed by atoms with van der Waals surface area (Å²) in [6, 6.07) is 7.85. The lowest BCUT2D eigenvalue weighted by molar-refractivity contribution is -0.126. The van der Waals surface area contributed by atoms with Gasteiger partial charge in [0.1, 0.15) is 5.75 Å². The van der Waals surface area contributed by atoms with Gasteiger partial charge in [0.25, 0.3) is 10.2 Å². The van der Waals surface area contributed by atoms with E-state index < -0.39 is 10.2 Å². The molecule has 0 saturated carbocycles. The predicted octanol–water partition coefficient (Wildman–Crippen LogP) is 1.26. The number of methoxy groups -OCH3 is 1. The highest BCUT2D eigenvalue weighted by atomic mass is 32.2. The number of aryl methyl sites for hydroxylation is 1. The number of nitrogens with zero attached hydrogens (tertiary/aromatic N) is 2. The third-order valence-electron chi connectivity index (χ3n) is 4.66. The zero-order valence-electron chi connectivity index (χ0n) is 15.8. The summed E-state index contributed by atoms with van der Waals surface area (Å²) in [6.07, 6.45) is 3.04. The van der Waals surface area contributed by atoms with E-state index in [1.807, 2.05) is 24.3 Å². The van der Waals surface area contributed by atoms with E-state index in [9.17, 15) is 13.2 Å². The van der Waals surface area contributed by atoms with Gasteiger partial charge in [-0.2, -0.15) is 17.0 Å². The lowest BCUT2D eigenvalue weighted by Gasteiger charge is -2.32. The van der Waals surface area contributed by atoms with E-state index in [0.717, 1.165) is 30.6 Å². The van der Waals surface area contributed by atoms with Gasteiger partial charge in [-0.3, -0.25) is 4.79 Å². The van der Waals surface area contributed by atoms with E-state index in [0.29, 0.717) is 19.5 Å². The SMILES string of the molecule is COc1ccccc1CCCNC(=O)[C@H]1CCCN(S(=O)(=O)N(C)C)C1. The summed E-state index contributed by atoms with van der Waals surface area (Å²) in [5, 5.41) is 2.95. The first-order valence-corrected chi connectivity index (χ1v) is 10.3. The van der Waals surface area contributed by atoms with E-state index in [-0.39, 0.29) is 18.4 Å². The Bertz CT molecular complexity index is 706. The molecule has 1 aromatic rings. The van der Waals surface area contributed by atoms with Crippen LogP contribution in [0.3, 0.4) is 0 Å². The summed E-state index contributed by atoms with van der Waals surface area (Å²) in [4.78, 5) is 12.4. The molecule has 1 amide bonds. The monoisotopic (exact) mass is 383 g/mol. The smallest absolute Gasteiger partial charge is 0.281 e. The van der Waals surface area contributed by atoms with Crippen LogP contribution in [0.5, 0.6) is 5.75 Å². The van der Waals surface area contributed by atoms with Crippen molar-refractivity contribution in [3.63, 3.8) is 0 Å². The van der Waals surface area contributed by atoms with Gasteiger partial charge in [-0.25, -0.2) is 0 Å². The van der Waals surface area contributed by atoms with Crippen LogP contribution in [-0.2, 0) is 21.4 Å². The van der Waals surface area contributed by atoms with Crippen molar-refractivity contribution < 1.29 is 17.9 Å². The van der Waals surface area contributed by atoms with Gasteiger partial charge in [-0.1, -0.05) is 18.2 Å². The quantitative estimate of drug-likeness (QED) is 0.686. The molecule has 0 spiro atoms. The van der Waals surface area contributed by atoms with Crippen LogP contribution >= 0.6 is 0 Å². The summed E-state index contributed by atoms with van der Waals surface area (Å²) in [5.41, 5.74) is 1.12. The van der Waals surface area contributed by atoms with Crippen LogP contribution < -0.4 is 10.1 Å². The molecule has 1 heterocycles. The van der Waals surface area contributed by atoms with Gasteiger partial charge < -0.3 is 10.1 Å². The van der Waals surface area contributed by atoms with Crippen LogP contribution in [0.25, 0.3) is 0 Å². The minimum Gasteiger partial charge on any atom is -0.496 e. The number of benzene rings is 1. The lowest BCUT2D eigenvalue weighted by atomic mass is 9.99. The molecule has 0 aromatic heterocycles. The Morgan fingerprint density at radius 1 is 1.35 bits per heavy atom. The largest absolute Gasteiger partial charge is 0.496 e. The summed E-state index contributed by atoms with van der Waals surface area (Å²) in [5.74, 6) is 0.504. The van der Waals surface area contributed by atoms with E-state index in [1.165, 1.54) is 22.7 Å². The summed E-state index contributed by atoms with van der Waals surface area (Å²) >= 11 is 0. The fraction of sp³-hybridized carbons (Fsp3) is 0.611. The van der Waals surface area contributed by atoms with Crippen LogP contribution in [0.2, 0.25) is 0 Å². The van der Waals surface area contributed by atoms with E-state index in [2.05, 4.69) is 5.32 Å². The van der Waals surface area contributed by atoms with Crippen molar-refractivity contribution in [2.45, 2.75) is 25.7 Å². The molecule has 1 fully saturated rings. The normalized spacial score (nSPS) is 18.7. The minimum absolute atomic E-state index is 0.0660. The lowest BCUT2D eigenvalue weighted by Crippen LogP contribution is -2.48. The second-order valence-electron chi connectivity index (χ2n) is 6.69. The van der Waals surface area contributed by atoms with Crippen molar-refractivity contribution in [3.8, 4) is 5.75 Å². The second-order valence-corrected chi connectivity index (χ2v) is 8.84. The number of amides is 1. The molecule has 1 N–H and O–H groups in total. The Hall–Kier alpha value is -1.64. The topological polar surface area (TPSA) is 79.0 Å². The first kappa shape index (κ1) is 20.7. The number of hydrogen-bond acceptors (Lipinski definition) is 4. The maximum atomic E-state index is 12.4. The average molecular weight is 384 g/mol. The molecular formula is C18H29N3O4S. The Labute approximate surface area is 156 Å².